The van der Waals surface area contributed by atoms with Gasteiger partial charge in [0, 0.05) is 0 Å². The Hall–Kier alpha value is -3.18. The maximum absolute atomic E-state index is 9.82. The molecule has 0 saturated heterocycles. The molecule has 39 heavy (non-hydrogen) atoms. The summed E-state index contributed by atoms with van der Waals surface area (Å²) in [4.78, 5) is 0. The third kappa shape index (κ3) is 6.70. The Morgan fingerprint density at radius 3 is 2.21 bits per heavy atom. The molecule has 1 atom stereocenters. The van der Waals surface area contributed by atoms with E-state index in [-0.39, 0.29) is 11.1 Å². The first-order valence-corrected chi connectivity index (χ1v) is 15.9. The van der Waals surface area contributed by atoms with Gasteiger partial charge in [-0.3, -0.25) is 0 Å². The van der Waals surface area contributed by atoms with Crippen molar-refractivity contribution in [3.8, 4) is 5.75 Å². The Morgan fingerprint density at radius 2 is 1.64 bits per heavy atom. The summed E-state index contributed by atoms with van der Waals surface area (Å²) in [6.45, 7) is 14.6. The van der Waals surface area contributed by atoms with Crippen molar-refractivity contribution < 1.29 is 14.3 Å². The highest BCUT2D eigenvalue weighted by Gasteiger charge is 2.50. The molecule has 1 heterocycles. The SMILES string of the molecule is C=C(CO[Si](c1ccccc1)(c1ccccc1)C(C)(C)C)C1=CCOC1CC/C(=C/c1cccc(O)c1)CC. The second-order valence-corrected chi connectivity index (χ2v) is 15.6. The van der Waals surface area contributed by atoms with Crippen LogP contribution in [0.5, 0.6) is 5.75 Å². The number of phenolic OH excluding ortho intramolecular Hbond substituents is 1. The van der Waals surface area contributed by atoms with Gasteiger partial charge in [-0.1, -0.05) is 125 Å². The van der Waals surface area contributed by atoms with Gasteiger partial charge in [-0.15, -0.1) is 0 Å². The molecule has 4 rings (SSSR count). The maximum atomic E-state index is 9.82. The Balaban J connectivity index is 1.51. The smallest absolute Gasteiger partial charge is 0.261 e. The average Bonchev–Trinajstić information content (AvgIpc) is 3.40. The second kappa shape index (κ2) is 12.8. The molecule has 3 aromatic rings. The summed E-state index contributed by atoms with van der Waals surface area (Å²) in [5.41, 5.74) is 4.53. The highest BCUT2D eigenvalue weighted by Crippen LogP contribution is 2.38. The predicted octanol–water partition coefficient (Wildman–Crippen LogP) is 7.42. The molecule has 0 aliphatic carbocycles. The molecular formula is C35H42O3Si. The first kappa shape index (κ1) is 28.8. The molecular weight excluding hydrogens is 496 g/mol. The van der Waals surface area contributed by atoms with Gasteiger partial charge in [-0.05, 0) is 63.5 Å². The Morgan fingerprint density at radius 1 is 1.00 bits per heavy atom. The largest absolute Gasteiger partial charge is 0.508 e. The predicted molar refractivity (Wildman–Crippen MR) is 166 cm³/mol. The lowest BCUT2D eigenvalue weighted by molar-refractivity contribution is 0.115. The third-order valence-electron chi connectivity index (χ3n) is 7.66. The fourth-order valence-corrected chi connectivity index (χ4v) is 10.2. The van der Waals surface area contributed by atoms with Crippen molar-refractivity contribution in [2.24, 2.45) is 0 Å². The summed E-state index contributed by atoms with van der Waals surface area (Å²) in [6, 6.07) is 28.9. The lowest BCUT2D eigenvalue weighted by atomic mass is 9.96. The molecule has 1 aliphatic rings. The summed E-state index contributed by atoms with van der Waals surface area (Å²) in [5.74, 6) is 0.292. The summed E-state index contributed by atoms with van der Waals surface area (Å²) < 4.78 is 13.3. The van der Waals surface area contributed by atoms with Crippen LogP contribution < -0.4 is 10.4 Å². The van der Waals surface area contributed by atoms with Crippen LogP contribution in [0.2, 0.25) is 5.04 Å². The van der Waals surface area contributed by atoms with Crippen LogP contribution in [-0.4, -0.2) is 32.7 Å². The normalized spacial score (nSPS) is 16.3. The Labute approximate surface area is 235 Å². The topological polar surface area (TPSA) is 38.7 Å². The van der Waals surface area contributed by atoms with Crippen LogP contribution in [0.4, 0.5) is 0 Å². The number of allylic oxidation sites excluding steroid dienone is 1. The van der Waals surface area contributed by atoms with Crippen molar-refractivity contribution in [3.63, 3.8) is 0 Å². The van der Waals surface area contributed by atoms with Crippen molar-refractivity contribution >= 4 is 24.8 Å². The zero-order valence-electron chi connectivity index (χ0n) is 23.8. The number of benzene rings is 3. The fourth-order valence-electron chi connectivity index (χ4n) is 5.64. The van der Waals surface area contributed by atoms with Gasteiger partial charge in [0.15, 0.2) is 0 Å². The van der Waals surface area contributed by atoms with Gasteiger partial charge in [0.1, 0.15) is 5.75 Å². The van der Waals surface area contributed by atoms with E-state index in [0.29, 0.717) is 19.0 Å². The third-order valence-corrected chi connectivity index (χ3v) is 12.6. The Bertz CT molecular complexity index is 1260. The highest BCUT2D eigenvalue weighted by molar-refractivity contribution is 6.99. The van der Waals surface area contributed by atoms with Gasteiger partial charge in [0.2, 0.25) is 0 Å². The molecule has 0 fully saturated rings. The van der Waals surface area contributed by atoms with Gasteiger partial charge >= 0.3 is 0 Å². The van der Waals surface area contributed by atoms with Gasteiger partial charge in [-0.2, -0.15) is 0 Å². The standard InChI is InChI=1S/C35H42O3Si/c1-6-28(24-29-14-13-15-30(36)25-29)20-21-34-33(22-23-37-34)27(2)26-38-39(35(3,4)5,31-16-9-7-10-17-31)32-18-11-8-12-19-32/h7-19,22,24-25,34,36H,2,6,20-21,23,26H2,1,3-5H3/b28-24+. The number of hydrogen-bond donors (Lipinski definition) is 1. The zero-order chi connectivity index (χ0) is 27.9. The van der Waals surface area contributed by atoms with E-state index in [1.165, 1.54) is 21.5 Å². The highest BCUT2D eigenvalue weighted by atomic mass is 28.4. The molecule has 0 spiro atoms. The number of hydrogen-bond acceptors (Lipinski definition) is 3. The van der Waals surface area contributed by atoms with Crippen molar-refractivity contribution in [1.29, 1.82) is 0 Å². The van der Waals surface area contributed by atoms with Crippen LogP contribution in [0.1, 0.15) is 52.5 Å². The molecule has 0 aromatic heterocycles. The summed E-state index contributed by atoms with van der Waals surface area (Å²) in [7, 11) is -2.63. The minimum atomic E-state index is -2.63. The maximum Gasteiger partial charge on any atom is 0.261 e. The summed E-state index contributed by atoms with van der Waals surface area (Å²) in [6.07, 6.45) is 7.14. The van der Waals surface area contributed by atoms with E-state index in [2.05, 4.69) is 107 Å². The van der Waals surface area contributed by atoms with Gasteiger partial charge < -0.3 is 14.3 Å². The van der Waals surface area contributed by atoms with Crippen LogP contribution >= 0.6 is 0 Å². The molecule has 3 aromatic carbocycles. The van der Waals surface area contributed by atoms with E-state index in [9.17, 15) is 5.11 Å². The van der Waals surface area contributed by atoms with Crippen LogP contribution in [0.3, 0.4) is 0 Å². The molecule has 204 valence electrons. The average molecular weight is 539 g/mol. The molecule has 0 bridgehead atoms. The van der Waals surface area contributed by atoms with E-state index >= 15 is 0 Å². The van der Waals surface area contributed by atoms with Gasteiger partial charge in [0.25, 0.3) is 8.32 Å². The molecule has 0 amide bonds. The van der Waals surface area contributed by atoms with Crippen LogP contribution in [0.25, 0.3) is 6.08 Å². The number of aromatic hydroxyl groups is 1. The molecule has 3 nitrogen and oxygen atoms in total. The lowest BCUT2D eigenvalue weighted by Gasteiger charge is -2.43. The molecule has 1 unspecified atom stereocenters. The number of rotatable bonds is 11. The molecule has 1 N–H and O–H groups in total. The van der Waals surface area contributed by atoms with E-state index in [1.807, 2.05) is 12.1 Å². The fraction of sp³-hybridized carbons (Fsp3) is 0.314. The van der Waals surface area contributed by atoms with E-state index in [1.54, 1.807) is 12.1 Å². The first-order valence-electron chi connectivity index (χ1n) is 14.0. The molecule has 0 radical (unpaired) electrons. The monoisotopic (exact) mass is 538 g/mol. The zero-order valence-corrected chi connectivity index (χ0v) is 24.8. The quantitative estimate of drug-likeness (QED) is 0.258. The minimum absolute atomic E-state index is 0.0133. The molecule has 1 aliphatic heterocycles. The van der Waals surface area contributed by atoms with Crippen LogP contribution in [-0.2, 0) is 9.16 Å². The van der Waals surface area contributed by atoms with E-state index < -0.39 is 8.32 Å². The summed E-state index contributed by atoms with van der Waals surface area (Å²) in [5, 5.41) is 12.3. The van der Waals surface area contributed by atoms with Crippen LogP contribution in [0, 0.1) is 0 Å². The number of phenols is 1. The second-order valence-electron chi connectivity index (χ2n) is 11.3. The number of ether oxygens (including phenoxy) is 1. The molecule has 4 heteroatoms. The Kier molecular flexibility index (Phi) is 9.44. The van der Waals surface area contributed by atoms with Gasteiger partial charge in [-0.25, -0.2) is 0 Å². The lowest BCUT2D eigenvalue weighted by Crippen LogP contribution is -2.66. The van der Waals surface area contributed by atoms with Gasteiger partial charge in [0.05, 0.1) is 19.3 Å². The van der Waals surface area contributed by atoms with E-state index in [4.69, 9.17) is 9.16 Å². The first-order chi connectivity index (χ1) is 18.7. The van der Waals surface area contributed by atoms with Crippen LogP contribution in [0.15, 0.2) is 114 Å². The van der Waals surface area contributed by atoms with Crippen molar-refractivity contribution in [1.82, 2.24) is 0 Å². The van der Waals surface area contributed by atoms with Crippen molar-refractivity contribution in [2.45, 2.75) is 58.1 Å². The minimum Gasteiger partial charge on any atom is -0.508 e. The summed E-state index contributed by atoms with van der Waals surface area (Å²) >= 11 is 0. The van der Waals surface area contributed by atoms with Crippen molar-refractivity contribution in [2.75, 3.05) is 13.2 Å². The van der Waals surface area contributed by atoms with Crippen molar-refractivity contribution in [3.05, 3.63) is 120 Å². The van der Waals surface area contributed by atoms with E-state index in [0.717, 1.165) is 30.4 Å². The molecule has 0 saturated carbocycles.